The maximum Gasteiger partial charge on any atom is 0.168 e. The Morgan fingerprint density at radius 3 is 2.47 bits per heavy atom. The van der Waals surface area contributed by atoms with Crippen molar-refractivity contribution in [3.63, 3.8) is 0 Å². The molecule has 0 aliphatic carbocycles. The van der Waals surface area contributed by atoms with E-state index in [0.29, 0.717) is 5.92 Å². The molecule has 3 heterocycles. The van der Waals surface area contributed by atoms with Gasteiger partial charge in [-0.2, -0.15) is 0 Å². The molecule has 160 valence electrons. The smallest absolute Gasteiger partial charge is 0.168 e. The summed E-state index contributed by atoms with van der Waals surface area (Å²) in [5.74, 6) is 2.45. The molecular formula is C22H30N6OS. The van der Waals surface area contributed by atoms with Crippen LogP contribution < -0.4 is 9.64 Å². The highest BCUT2D eigenvalue weighted by Gasteiger charge is 2.30. The van der Waals surface area contributed by atoms with Gasteiger partial charge in [0, 0.05) is 36.7 Å². The standard InChI is InChI=1S/C22H30N6OS/c1-17(2)15-21(22-23-24-25-28(22)16-20-5-4-14-30-20)27-12-10-26(11-13-27)18-6-8-19(29-3)9-7-18/h4-9,14,17,21H,10-13,15-16H2,1-3H3/t21-/m0/s1. The van der Waals surface area contributed by atoms with Crippen molar-refractivity contribution in [1.29, 1.82) is 0 Å². The number of ether oxygens (including phenoxy) is 1. The van der Waals surface area contributed by atoms with Crippen molar-refractivity contribution in [2.24, 2.45) is 5.92 Å². The molecule has 8 heteroatoms. The van der Waals surface area contributed by atoms with Crippen molar-refractivity contribution in [1.82, 2.24) is 25.1 Å². The summed E-state index contributed by atoms with van der Waals surface area (Å²) in [5.41, 5.74) is 1.25. The number of hydrogen-bond acceptors (Lipinski definition) is 7. The zero-order valence-electron chi connectivity index (χ0n) is 17.9. The predicted octanol–water partition coefficient (Wildman–Crippen LogP) is 3.70. The minimum atomic E-state index is 0.234. The van der Waals surface area contributed by atoms with Gasteiger partial charge in [0.25, 0.3) is 0 Å². The molecule has 1 atom stereocenters. The number of nitrogens with zero attached hydrogens (tertiary/aromatic N) is 6. The topological polar surface area (TPSA) is 59.3 Å². The van der Waals surface area contributed by atoms with Crippen molar-refractivity contribution in [3.05, 3.63) is 52.5 Å². The number of anilines is 1. The molecule has 7 nitrogen and oxygen atoms in total. The first-order valence-electron chi connectivity index (χ1n) is 10.6. The van der Waals surface area contributed by atoms with Gasteiger partial charge < -0.3 is 9.64 Å². The molecule has 0 amide bonds. The number of aromatic nitrogens is 4. The van der Waals surface area contributed by atoms with Crippen LogP contribution in [-0.2, 0) is 6.54 Å². The SMILES string of the molecule is COc1ccc(N2CCN([C@@H](CC(C)C)c3nnnn3Cc3cccs3)CC2)cc1. The van der Waals surface area contributed by atoms with Gasteiger partial charge in [0.15, 0.2) is 5.82 Å². The zero-order chi connectivity index (χ0) is 20.9. The second-order valence-corrected chi connectivity index (χ2v) is 9.17. The molecule has 0 saturated carbocycles. The Bertz CT molecular complexity index is 900. The van der Waals surface area contributed by atoms with Gasteiger partial charge in [-0.1, -0.05) is 19.9 Å². The summed E-state index contributed by atoms with van der Waals surface area (Å²) in [7, 11) is 1.70. The van der Waals surface area contributed by atoms with Crippen LogP contribution in [0, 0.1) is 5.92 Å². The third kappa shape index (κ3) is 4.82. The first kappa shape index (κ1) is 20.8. The van der Waals surface area contributed by atoms with E-state index in [1.807, 2.05) is 16.8 Å². The second kappa shape index (κ2) is 9.57. The van der Waals surface area contributed by atoms with Gasteiger partial charge in [0.05, 0.1) is 19.7 Å². The summed E-state index contributed by atoms with van der Waals surface area (Å²) < 4.78 is 7.27. The van der Waals surface area contributed by atoms with Gasteiger partial charge in [0.2, 0.25) is 0 Å². The van der Waals surface area contributed by atoms with Crippen LogP contribution in [0.4, 0.5) is 5.69 Å². The van der Waals surface area contributed by atoms with Crippen LogP contribution in [0.15, 0.2) is 41.8 Å². The maximum atomic E-state index is 5.28. The molecule has 1 aliphatic heterocycles. The van der Waals surface area contributed by atoms with Crippen LogP contribution in [0.5, 0.6) is 5.75 Å². The fraction of sp³-hybridized carbons (Fsp3) is 0.500. The largest absolute Gasteiger partial charge is 0.497 e. The summed E-state index contributed by atoms with van der Waals surface area (Å²) >= 11 is 1.75. The van der Waals surface area contributed by atoms with E-state index in [-0.39, 0.29) is 6.04 Å². The average molecular weight is 427 g/mol. The zero-order valence-corrected chi connectivity index (χ0v) is 18.8. The van der Waals surface area contributed by atoms with Crippen LogP contribution in [0.3, 0.4) is 0 Å². The Kier molecular flexibility index (Phi) is 6.64. The van der Waals surface area contributed by atoms with Crippen LogP contribution in [-0.4, -0.2) is 58.4 Å². The molecule has 4 rings (SSSR count). The van der Waals surface area contributed by atoms with E-state index in [0.717, 1.165) is 50.7 Å². The Morgan fingerprint density at radius 1 is 1.07 bits per heavy atom. The van der Waals surface area contributed by atoms with Gasteiger partial charge in [-0.15, -0.1) is 16.4 Å². The molecule has 1 aromatic carbocycles. The summed E-state index contributed by atoms with van der Waals surface area (Å²) in [6.45, 7) is 9.26. The molecule has 0 bridgehead atoms. The summed E-state index contributed by atoms with van der Waals surface area (Å²) in [6, 6.07) is 12.8. The average Bonchev–Trinajstić information content (AvgIpc) is 3.45. The highest BCUT2D eigenvalue weighted by molar-refractivity contribution is 7.09. The number of methoxy groups -OCH3 is 1. The van der Waals surface area contributed by atoms with Crippen molar-refractivity contribution in [2.45, 2.75) is 32.9 Å². The van der Waals surface area contributed by atoms with E-state index in [4.69, 9.17) is 4.74 Å². The molecule has 1 aliphatic rings. The Labute approximate surface area is 182 Å². The number of thiophene rings is 1. The third-order valence-corrected chi connectivity index (χ3v) is 6.49. The lowest BCUT2D eigenvalue weighted by atomic mass is 10.0. The monoisotopic (exact) mass is 426 g/mol. The number of benzene rings is 1. The molecule has 0 spiro atoms. The molecule has 3 aromatic rings. The number of tetrazole rings is 1. The maximum absolute atomic E-state index is 5.28. The van der Waals surface area contributed by atoms with Crippen molar-refractivity contribution in [3.8, 4) is 5.75 Å². The predicted molar refractivity (Wildman–Crippen MR) is 120 cm³/mol. The minimum Gasteiger partial charge on any atom is -0.497 e. The summed E-state index contributed by atoms with van der Waals surface area (Å²) in [6.07, 6.45) is 1.05. The van der Waals surface area contributed by atoms with E-state index < -0.39 is 0 Å². The van der Waals surface area contributed by atoms with E-state index in [9.17, 15) is 0 Å². The first-order chi connectivity index (χ1) is 14.6. The van der Waals surface area contributed by atoms with Gasteiger partial charge >= 0.3 is 0 Å². The van der Waals surface area contributed by atoms with Crippen LogP contribution in [0.25, 0.3) is 0 Å². The quantitative estimate of drug-likeness (QED) is 0.547. The molecule has 0 unspecified atom stereocenters. The van der Waals surface area contributed by atoms with Crippen molar-refractivity contribution in [2.75, 3.05) is 38.2 Å². The molecule has 1 fully saturated rings. The van der Waals surface area contributed by atoms with E-state index in [2.05, 4.69) is 68.8 Å². The second-order valence-electron chi connectivity index (χ2n) is 8.14. The van der Waals surface area contributed by atoms with Crippen molar-refractivity contribution < 1.29 is 4.74 Å². The number of piperazine rings is 1. The fourth-order valence-electron chi connectivity index (χ4n) is 4.06. The number of rotatable bonds is 8. The fourth-order valence-corrected chi connectivity index (χ4v) is 4.75. The van der Waals surface area contributed by atoms with Crippen LogP contribution >= 0.6 is 11.3 Å². The number of hydrogen-bond donors (Lipinski definition) is 0. The highest BCUT2D eigenvalue weighted by Crippen LogP contribution is 2.29. The molecule has 2 aromatic heterocycles. The normalized spacial score (nSPS) is 16.2. The molecule has 0 radical (unpaired) electrons. The van der Waals surface area contributed by atoms with E-state index in [1.54, 1.807) is 18.4 Å². The lowest BCUT2D eigenvalue weighted by Gasteiger charge is -2.40. The van der Waals surface area contributed by atoms with E-state index >= 15 is 0 Å². The van der Waals surface area contributed by atoms with Gasteiger partial charge in [0.1, 0.15) is 5.75 Å². The molecule has 30 heavy (non-hydrogen) atoms. The minimum absolute atomic E-state index is 0.234. The highest BCUT2D eigenvalue weighted by atomic mass is 32.1. The lowest BCUT2D eigenvalue weighted by molar-refractivity contribution is 0.153. The van der Waals surface area contributed by atoms with Gasteiger partial charge in [-0.05, 0) is 58.5 Å². The van der Waals surface area contributed by atoms with E-state index in [1.165, 1.54) is 10.6 Å². The lowest BCUT2D eigenvalue weighted by Crippen LogP contribution is -2.48. The van der Waals surface area contributed by atoms with Crippen LogP contribution in [0.2, 0.25) is 0 Å². The summed E-state index contributed by atoms with van der Waals surface area (Å²) in [4.78, 5) is 6.27. The van der Waals surface area contributed by atoms with Gasteiger partial charge in [-0.3, -0.25) is 4.90 Å². The Hall–Kier alpha value is -2.45. The first-order valence-corrected chi connectivity index (χ1v) is 11.4. The molecule has 0 N–H and O–H groups in total. The Balaban J connectivity index is 1.47. The van der Waals surface area contributed by atoms with Crippen LogP contribution in [0.1, 0.15) is 37.0 Å². The molecule has 1 saturated heterocycles. The third-order valence-electron chi connectivity index (χ3n) is 5.63. The van der Waals surface area contributed by atoms with Gasteiger partial charge in [-0.25, -0.2) is 4.68 Å². The molecular weight excluding hydrogens is 396 g/mol. The Morgan fingerprint density at radius 2 is 1.83 bits per heavy atom. The summed E-state index contributed by atoms with van der Waals surface area (Å²) in [5, 5.41) is 14.9. The van der Waals surface area contributed by atoms with Crippen molar-refractivity contribution >= 4 is 17.0 Å².